The Balaban J connectivity index is 1.94. The number of hydrogen-bond acceptors (Lipinski definition) is 3. The molecule has 1 atom stereocenters. The van der Waals surface area contributed by atoms with Crippen molar-refractivity contribution in [2.75, 3.05) is 5.75 Å². The van der Waals surface area contributed by atoms with Crippen LogP contribution in [-0.2, 0) is 21.3 Å². The molecule has 1 aromatic heterocycles. The largest absolute Gasteiger partial charge is 0.481 e. The number of pyridine rings is 1. The highest BCUT2D eigenvalue weighted by molar-refractivity contribution is 7.84. The molecule has 1 aliphatic carbocycles. The number of aromatic nitrogens is 1. The summed E-state index contributed by atoms with van der Waals surface area (Å²) in [5, 5.41) is 9.32. The zero-order valence-electron chi connectivity index (χ0n) is 9.76. The van der Waals surface area contributed by atoms with Gasteiger partial charge in [-0.3, -0.25) is 14.0 Å². The van der Waals surface area contributed by atoms with Crippen molar-refractivity contribution in [1.82, 2.24) is 4.98 Å². The van der Waals surface area contributed by atoms with Crippen molar-refractivity contribution in [2.24, 2.45) is 5.41 Å². The third-order valence-electron chi connectivity index (χ3n) is 3.12. The van der Waals surface area contributed by atoms with E-state index in [-0.39, 0.29) is 11.8 Å². The van der Waals surface area contributed by atoms with Crippen LogP contribution in [-0.4, -0.2) is 26.0 Å². The topological polar surface area (TPSA) is 67.3 Å². The summed E-state index contributed by atoms with van der Waals surface area (Å²) in [5.41, 5.74) is 0.562. The molecule has 4 nitrogen and oxygen atoms in total. The number of nitrogens with zero attached hydrogens (tertiary/aromatic N) is 1. The Kier molecular flexibility index (Phi) is 4.02. The first-order valence-corrected chi connectivity index (χ1v) is 7.53. The van der Waals surface area contributed by atoms with Crippen LogP contribution in [0.4, 0.5) is 0 Å². The molecule has 0 radical (unpaired) electrons. The van der Waals surface area contributed by atoms with E-state index < -0.39 is 16.8 Å². The molecule has 0 bridgehead atoms. The number of halogens is 1. The van der Waals surface area contributed by atoms with Crippen molar-refractivity contribution in [1.29, 1.82) is 0 Å². The molecule has 1 unspecified atom stereocenters. The van der Waals surface area contributed by atoms with Crippen molar-refractivity contribution in [3.05, 3.63) is 29.0 Å². The first kappa shape index (κ1) is 13.5. The summed E-state index contributed by atoms with van der Waals surface area (Å²) in [6, 6.07) is 1.75. The van der Waals surface area contributed by atoms with Gasteiger partial charge in [-0.25, -0.2) is 0 Å². The quantitative estimate of drug-likeness (QED) is 0.871. The van der Waals surface area contributed by atoms with E-state index in [0.29, 0.717) is 16.5 Å². The maximum absolute atomic E-state index is 12.0. The van der Waals surface area contributed by atoms with Gasteiger partial charge >= 0.3 is 5.97 Å². The Bertz CT molecular complexity index is 488. The van der Waals surface area contributed by atoms with E-state index in [1.54, 1.807) is 12.3 Å². The monoisotopic (exact) mass is 287 g/mol. The fraction of sp³-hybridized carbons (Fsp3) is 0.500. The van der Waals surface area contributed by atoms with Gasteiger partial charge in [-0.2, -0.15) is 0 Å². The SMILES string of the molecule is O=C(O)CC1(CS(=O)Cc2ccncc2Cl)CC1. The molecule has 0 amide bonds. The van der Waals surface area contributed by atoms with Gasteiger partial charge < -0.3 is 5.11 Å². The fourth-order valence-electron chi connectivity index (χ4n) is 1.96. The molecule has 1 fully saturated rings. The number of aliphatic carboxylic acids is 1. The number of carboxylic acid groups (broad SMARTS) is 1. The van der Waals surface area contributed by atoms with E-state index in [2.05, 4.69) is 4.98 Å². The van der Waals surface area contributed by atoms with Crippen molar-refractivity contribution in [3.8, 4) is 0 Å². The molecule has 1 aliphatic rings. The molecule has 6 heteroatoms. The number of carboxylic acids is 1. The van der Waals surface area contributed by atoms with E-state index in [9.17, 15) is 9.00 Å². The molecule has 0 aromatic carbocycles. The van der Waals surface area contributed by atoms with E-state index in [4.69, 9.17) is 16.7 Å². The zero-order chi connectivity index (χ0) is 13.2. The standard InChI is InChI=1S/C12H14ClNO3S/c13-10-6-14-4-1-9(10)7-18(17)8-12(2-3-12)5-11(15)16/h1,4,6H,2-3,5,7-8H2,(H,15,16). The van der Waals surface area contributed by atoms with Gasteiger partial charge in [-0.05, 0) is 29.9 Å². The second-order valence-electron chi connectivity index (χ2n) is 4.77. The summed E-state index contributed by atoms with van der Waals surface area (Å²) in [4.78, 5) is 14.6. The molecule has 18 heavy (non-hydrogen) atoms. The van der Waals surface area contributed by atoms with Crippen molar-refractivity contribution < 1.29 is 14.1 Å². The van der Waals surface area contributed by atoms with E-state index in [0.717, 1.165) is 18.4 Å². The molecule has 1 N–H and O–H groups in total. The third kappa shape index (κ3) is 3.53. The highest BCUT2D eigenvalue weighted by Crippen LogP contribution is 2.49. The summed E-state index contributed by atoms with van der Waals surface area (Å²) in [6.45, 7) is 0. The first-order chi connectivity index (χ1) is 8.51. The van der Waals surface area contributed by atoms with Gasteiger partial charge in [0.15, 0.2) is 0 Å². The summed E-state index contributed by atoms with van der Waals surface area (Å²) in [5.74, 6) is -0.00725. The van der Waals surface area contributed by atoms with Crippen LogP contribution in [0.2, 0.25) is 5.02 Å². The number of carbonyl (C=O) groups is 1. The Morgan fingerprint density at radius 1 is 1.56 bits per heavy atom. The minimum absolute atomic E-state index is 0.114. The van der Waals surface area contributed by atoms with Crippen LogP contribution >= 0.6 is 11.6 Å². The van der Waals surface area contributed by atoms with Crippen LogP contribution in [0.1, 0.15) is 24.8 Å². The average molecular weight is 288 g/mol. The average Bonchev–Trinajstić information content (AvgIpc) is 3.00. The van der Waals surface area contributed by atoms with Crippen LogP contribution in [0.3, 0.4) is 0 Å². The van der Waals surface area contributed by atoms with Crippen LogP contribution in [0.15, 0.2) is 18.5 Å². The predicted molar refractivity (Wildman–Crippen MR) is 69.9 cm³/mol. The first-order valence-electron chi connectivity index (χ1n) is 5.66. The van der Waals surface area contributed by atoms with Gasteiger partial charge in [0.2, 0.25) is 0 Å². The van der Waals surface area contributed by atoms with Crippen molar-refractivity contribution >= 4 is 28.4 Å². The van der Waals surface area contributed by atoms with Gasteiger partial charge in [-0.15, -0.1) is 0 Å². The minimum Gasteiger partial charge on any atom is -0.481 e. The van der Waals surface area contributed by atoms with Crippen LogP contribution < -0.4 is 0 Å². The van der Waals surface area contributed by atoms with Crippen LogP contribution in [0.25, 0.3) is 0 Å². The van der Waals surface area contributed by atoms with E-state index in [1.165, 1.54) is 6.20 Å². The molecule has 0 saturated heterocycles. The molecule has 2 rings (SSSR count). The maximum atomic E-state index is 12.0. The Labute approximate surface area is 113 Å². The molecular formula is C12H14ClNO3S. The predicted octanol–water partition coefficient (Wildman–Crippen LogP) is 2.24. The minimum atomic E-state index is -1.08. The van der Waals surface area contributed by atoms with Gasteiger partial charge in [0.1, 0.15) is 0 Å². The van der Waals surface area contributed by atoms with E-state index >= 15 is 0 Å². The lowest BCUT2D eigenvalue weighted by Gasteiger charge is -2.12. The van der Waals surface area contributed by atoms with Gasteiger partial charge in [0.05, 0.1) is 17.2 Å². The molecular weight excluding hydrogens is 274 g/mol. The zero-order valence-corrected chi connectivity index (χ0v) is 11.3. The van der Waals surface area contributed by atoms with Crippen molar-refractivity contribution in [3.63, 3.8) is 0 Å². The maximum Gasteiger partial charge on any atom is 0.303 e. The Hall–Kier alpha value is -0.940. The van der Waals surface area contributed by atoms with Crippen molar-refractivity contribution in [2.45, 2.75) is 25.0 Å². The Morgan fingerprint density at radius 2 is 2.28 bits per heavy atom. The second kappa shape index (κ2) is 5.36. The molecule has 1 aromatic rings. The second-order valence-corrected chi connectivity index (χ2v) is 6.63. The van der Waals surface area contributed by atoms with Crippen LogP contribution in [0.5, 0.6) is 0 Å². The highest BCUT2D eigenvalue weighted by atomic mass is 35.5. The summed E-state index contributed by atoms with van der Waals surface area (Å²) >= 11 is 5.95. The van der Waals surface area contributed by atoms with Gasteiger partial charge in [-0.1, -0.05) is 11.6 Å². The lowest BCUT2D eigenvalue weighted by Crippen LogP contribution is -2.17. The fourth-order valence-corrected chi connectivity index (χ4v) is 4.00. The van der Waals surface area contributed by atoms with Gasteiger partial charge in [0.25, 0.3) is 0 Å². The van der Waals surface area contributed by atoms with Crippen LogP contribution in [0, 0.1) is 5.41 Å². The lowest BCUT2D eigenvalue weighted by atomic mass is 10.1. The van der Waals surface area contributed by atoms with Gasteiger partial charge in [0, 0.05) is 28.9 Å². The third-order valence-corrected chi connectivity index (χ3v) is 5.03. The summed E-state index contributed by atoms with van der Waals surface area (Å²) < 4.78 is 12.0. The normalized spacial score (nSPS) is 18.3. The lowest BCUT2D eigenvalue weighted by molar-refractivity contribution is -0.138. The molecule has 0 aliphatic heterocycles. The number of hydrogen-bond donors (Lipinski definition) is 1. The Morgan fingerprint density at radius 3 is 2.83 bits per heavy atom. The molecule has 98 valence electrons. The summed E-state index contributed by atoms with van der Waals surface area (Å²) in [7, 11) is -1.08. The van der Waals surface area contributed by atoms with E-state index in [1.807, 2.05) is 0 Å². The number of rotatable bonds is 6. The summed E-state index contributed by atoms with van der Waals surface area (Å²) in [6.07, 6.45) is 4.97. The molecule has 0 spiro atoms. The highest BCUT2D eigenvalue weighted by Gasteiger charge is 2.45. The smallest absolute Gasteiger partial charge is 0.303 e. The molecule has 1 heterocycles. The molecule has 1 saturated carbocycles.